The standard InChI is InChI=1S/C12H17I/c1-8(2)11-6-5-10(13)7-12(11)9(3)4/h5-9H,1-4H3. The van der Waals surface area contributed by atoms with Gasteiger partial charge in [-0.1, -0.05) is 33.8 Å². The lowest BCUT2D eigenvalue weighted by molar-refractivity contribution is 0.789. The minimum absolute atomic E-state index is 0.632. The number of halogens is 1. The molecule has 0 heterocycles. The van der Waals surface area contributed by atoms with Crippen molar-refractivity contribution in [1.82, 2.24) is 0 Å². The van der Waals surface area contributed by atoms with Gasteiger partial charge in [0.2, 0.25) is 0 Å². The van der Waals surface area contributed by atoms with Crippen molar-refractivity contribution >= 4 is 22.6 Å². The molecule has 1 aromatic carbocycles. The van der Waals surface area contributed by atoms with Gasteiger partial charge in [-0.15, -0.1) is 0 Å². The van der Waals surface area contributed by atoms with E-state index in [4.69, 9.17) is 0 Å². The highest BCUT2D eigenvalue weighted by molar-refractivity contribution is 14.1. The second-order valence-corrected chi connectivity index (χ2v) is 5.33. The molecule has 0 aliphatic rings. The van der Waals surface area contributed by atoms with Gasteiger partial charge in [0.1, 0.15) is 0 Å². The molecule has 0 aliphatic heterocycles. The zero-order chi connectivity index (χ0) is 10.0. The Kier molecular flexibility index (Phi) is 3.77. The van der Waals surface area contributed by atoms with Crippen LogP contribution in [0.2, 0.25) is 0 Å². The SMILES string of the molecule is CC(C)c1ccc(I)cc1C(C)C. The molecule has 0 nitrogen and oxygen atoms in total. The van der Waals surface area contributed by atoms with Crippen molar-refractivity contribution in [3.63, 3.8) is 0 Å². The average molecular weight is 288 g/mol. The van der Waals surface area contributed by atoms with Crippen molar-refractivity contribution in [3.8, 4) is 0 Å². The van der Waals surface area contributed by atoms with E-state index in [0.717, 1.165) is 0 Å². The third-order valence-corrected chi connectivity index (χ3v) is 2.96. The molecule has 0 saturated heterocycles. The maximum atomic E-state index is 2.38. The molecule has 0 fully saturated rings. The minimum Gasteiger partial charge on any atom is -0.0587 e. The first-order valence-corrected chi connectivity index (χ1v) is 5.89. The van der Waals surface area contributed by atoms with Crippen molar-refractivity contribution in [1.29, 1.82) is 0 Å². The fourth-order valence-corrected chi connectivity index (χ4v) is 2.09. The van der Waals surface area contributed by atoms with Gasteiger partial charge >= 0.3 is 0 Å². The van der Waals surface area contributed by atoms with Crippen LogP contribution in [0, 0.1) is 3.57 Å². The Balaban J connectivity index is 3.19. The summed E-state index contributed by atoms with van der Waals surface area (Å²) in [4.78, 5) is 0. The molecule has 0 aliphatic carbocycles. The van der Waals surface area contributed by atoms with E-state index in [1.54, 1.807) is 0 Å². The molecule has 1 heteroatoms. The molecule has 1 aromatic rings. The Hall–Kier alpha value is -0.0500. The second kappa shape index (κ2) is 4.45. The van der Waals surface area contributed by atoms with E-state index in [0.29, 0.717) is 11.8 Å². The Morgan fingerprint density at radius 2 is 1.46 bits per heavy atom. The van der Waals surface area contributed by atoms with Crippen molar-refractivity contribution in [2.45, 2.75) is 39.5 Å². The van der Waals surface area contributed by atoms with Gasteiger partial charge in [-0.3, -0.25) is 0 Å². The number of hydrogen-bond acceptors (Lipinski definition) is 0. The molecule has 0 spiro atoms. The second-order valence-electron chi connectivity index (χ2n) is 4.08. The van der Waals surface area contributed by atoms with E-state index in [1.165, 1.54) is 14.7 Å². The van der Waals surface area contributed by atoms with Crippen LogP contribution >= 0.6 is 22.6 Å². The summed E-state index contributed by atoms with van der Waals surface area (Å²) in [5.41, 5.74) is 3.00. The van der Waals surface area contributed by atoms with Crippen LogP contribution in [0.3, 0.4) is 0 Å². The maximum Gasteiger partial charge on any atom is 0.0133 e. The van der Waals surface area contributed by atoms with Gasteiger partial charge in [0.15, 0.2) is 0 Å². The molecule has 0 saturated carbocycles. The van der Waals surface area contributed by atoms with E-state index < -0.39 is 0 Å². The average Bonchev–Trinajstić information content (AvgIpc) is 2.03. The van der Waals surface area contributed by atoms with Crippen LogP contribution in [-0.4, -0.2) is 0 Å². The molecule has 0 amide bonds. The predicted octanol–water partition coefficient (Wildman–Crippen LogP) is 4.54. The summed E-state index contributed by atoms with van der Waals surface area (Å²) in [5.74, 6) is 1.27. The van der Waals surface area contributed by atoms with E-state index in [9.17, 15) is 0 Å². The summed E-state index contributed by atoms with van der Waals surface area (Å²) in [6.07, 6.45) is 0. The molecule has 1 rings (SSSR count). The number of rotatable bonds is 2. The van der Waals surface area contributed by atoms with E-state index in [-0.39, 0.29) is 0 Å². The largest absolute Gasteiger partial charge is 0.0587 e. The quantitative estimate of drug-likeness (QED) is 0.701. The van der Waals surface area contributed by atoms with Gasteiger partial charge in [0.05, 0.1) is 0 Å². The number of hydrogen-bond donors (Lipinski definition) is 0. The van der Waals surface area contributed by atoms with Crippen LogP contribution in [0.5, 0.6) is 0 Å². The van der Waals surface area contributed by atoms with Gasteiger partial charge < -0.3 is 0 Å². The molecule has 72 valence electrons. The summed E-state index contributed by atoms with van der Waals surface area (Å²) >= 11 is 2.38. The monoisotopic (exact) mass is 288 g/mol. The highest BCUT2D eigenvalue weighted by atomic mass is 127. The van der Waals surface area contributed by atoms with Crippen molar-refractivity contribution < 1.29 is 0 Å². The fraction of sp³-hybridized carbons (Fsp3) is 0.500. The maximum absolute atomic E-state index is 2.38. The third kappa shape index (κ3) is 2.70. The molecule has 0 N–H and O–H groups in total. The first-order chi connectivity index (χ1) is 6.02. The molecule has 0 unspecified atom stereocenters. The molecule has 13 heavy (non-hydrogen) atoms. The molecule has 0 bridgehead atoms. The Morgan fingerprint density at radius 3 is 1.92 bits per heavy atom. The fourth-order valence-electron chi connectivity index (χ4n) is 1.57. The smallest absolute Gasteiger partial charge is 0.0133 e. The van der Waals surface area contributed by atoms with E-state index in [2.05, 4.69) is 68.5 Å². The van der Waals surface area contributed by atoms with Crippen LogP contribution in [0.15, 0.2) is 18.2 Å². The van der Waals surface area contributed by atoms with Crippen LogP contribution < -0.4 is 0 Å². The van der Waals surface area contributed by atoms with Crippen molar-refractivity contribution in [2.24, 2.45) is 0 Å². The summed E-state index contributed by atoms with van der Waals surface area (Å²) in [6.45, 7) is 9.04. The highest BCUT2D eigenvalue weighted by Gasteiger charge is 2.09. The van der Waals surface area contributed by atoms with E-state index in [1.807, 2.05) is 0 Å². The van der Waals surface area contributed by atoms with Crippen LogP contribution in [0.4, 0.5) is 0 Å². The predicted molar refractivity (Wildman–Crippen MR) is 67.3 cm³/mol. The molecule has 0 aromatic heterocycles. The van der Waals surface area contributed by atoms with Gasteiger partial charge in [-0.25, -0.2) is 0 Å². The lowest BCUT2D eigenvalue weighted by atomic mass is 9.91. The summed E-state index contributed by atoms with van der Waals surface area (Å²) in [7, 11) is 0. The highest BCUT2D eigenvalue weighted by Crippen LogP contribution is 2.27. The van der Waals surface area contributed by atoms with Gasteiger partial charge in [-0.2, -0.15) is 0 Å². The first kappa shape index (κ1) is 11.0. The van der Waals surface area contributed by atoms with Crippen LogP contribution in [0.25, 0.3) is 0 Å². The van der Waals surface area contributed by atoms with E-state index >= 15 is 0 Å². The molecular weight excluding hydrogens is 271 g/mol. The van der Waals surface area contributed by atoms with Crippen molar-refractivity contribution in [3.05, 3.63) is 32.9 Å². The van der Waals surface area contributed by atoms with Crippen LogP contribution in [0.1, 0.15) is 50.7 Å². The Labute approximate surface area is 94.9 Å². The summed E-state index contributed by atoms with van der Waals surface area (Å²) in [5, 5.41) is 0. The Morgan fingerprint density at radius 1 is 0.923 bits per heavy atom. The third-order valence-electron chi connectivity index (χ3n) is 2.29. The lowest BCUT2D eigenvalue weighted by Crippen LogP contribution is -1.98. The Bertz CT molecular complexity index is 287. The first-order valence-electron chi connectivity index (χ1n) is 4.81. The zero-order valence-corrected chi connectivity index (χ0v) is 10.9. The topological polar surface area (TPSA) is 0 Å². The lowest BCUT2D eigenvalue weighted by Gasteiger charge is -2.15. The molecule has 0 radical (unpaired) electrons. The minimum atomic E-state index is 0.632. The normalized spacial score (nSPS) is 11.3. The van der Waals surface area contributed by atoms with Gasteiger partial charge in [-0.05, 0) is 57.7 Å². The zero-order valence-electron chi connectivity index (χ0n) is 8.76. The van der Waals surface area contributed by atoms with Crippen molar-refractivity contribution in [2.75, 3.05) is 0 Å². The molecular formula is C12H17I. The van der Waals surface area contributed by atoms with Gasteiger partial charge in [0.25, 0.3) is 0 Å². The summed E-state index contributed by atoms with van der Waals surface area (Å²) in [6, 6.07) is 6.77. The van der Waals surface area contributed by atoms with Gasteiger partial charge in [0, 0.05) is 3.57 Å². The van der Waals surface area contributed by atoms with Crippen LogP contribution in [-0.2, 0) is 0 Å². The molecule has 0 atom stereocenters. The summed E-state index contributed by atoms with van der Waals surface area (Å²) < 4.78 is 1.34. The number of benzene rings is 1.